The highest BCUT2D eigenvalue weighted by Crippen LogP contribution is 2.29. The Balaban J connectivity index is 0.00000272. The van der Waals surface area contributed by atoms with Gasteiger partial charge < -0.3 is 9.42 Å². The molecule has 2 aromatic heterocycles. The maximum Gasteiger partial charge on any atom is 0.252 e. The minimum atomic E-state index is -3.45. The van der Waals surface area contributed by atoms with E-state index < -0.39 is 10.0 Å². The van der Waals surface area contributed by atoms with E-state index >= 15 is 0 Å². The second kappa shape index (κ2) is 10.7. The molecule has 0 spiro atoms. The smallest absolute Gasteiger partial charge is 0.252 e. The first kappa shape index (κ1) is 24.6. The first-order valence-electron chi connectivity index (χ1n) is 9.99. The molecule has 2 aromatic rings. The Bertz CT molecular complexity index is 985. The second-order valence-corrected chi connectivity index (χ2v) is 12.1. The second-order valence-electron chi connectivity index (χ2n) is 7.43. The SMILES string of the molecule is Cl.O=C(CCc1nc(CN2CCN(S(=O)(=O)c3ccc(Br)s3)CC2)no1)N1CCCC1. The molecule has 0 N–H and O–H groups in total. The van der Waals surface area contributed by atoms with E-state index in [2.05, 4.69) is 31.0 Å². The summed E-state index contributed by atoms with van der Waals surface area (Å²) in [6.07, 6.45) is 2.99. The van der Waals surface area contributed by atoms with E-state index in [4.69, 9.17) is 4.52 Å². The summed E-state index contributed by atoms with van der Waals surface area (Å²) in [6.45, 7) is 4.24. The van der Waals surface area contributed by atoms with Gasteiger partial charge in [0.05, 0.1) is 10.3 Å². The van der Waals surface area contributed by atoms with Crippen LogP contribution in [0.3, 0.4) is 0 Å². The quantitative estimate of drug-likeness (QED) is 0.518. The molecule has 9 nitrogen and oxygen atoms in total. The van der Waals surface area contributed by atoms with Crippen LogP contribution in [0.1, 0.15) is 31.0 Å². The van der Waals surface area contributed by atoms with E-state index in [-0.39, 0.29) is 18.3 Å². The number of hydrogen-bond acceptors (Lipinski definition) is 8. The predicted molar refractivity (Wildman–Crippen MR) is 122 cm³/mol. The van der Waals surface area contributed by atoms with Gasteiger partial charge in [0.2, 0.25) is 11.8 Å². The van der Waals surface area contributed by atoms with Crippen molar-refractivity contribution in [1.29, 1.82) is 0 Å². The van der Waals surface area contributed by atoms with Gasteiger partial charge in [0, 0.05) is 52.1 Å². The average molecular weight is 555 g/mol. The number of sulfonamides is 1. The van der Waals surface area contributed by atoms with Crippen LogP contribution in [0.15, 0.2) is 24.7 Å². The molecule has 0 saturated carbocycles. The third kappa shape index (κ3) is 6.05. The molecule has 2 aliphatic heterocycles. The first-order valence-corrected chi connectivity index (χ1v) is 13.0. The number of aromatic nitrogens is 2. The zero-order valence-corrected chi connectivity index (χ0v) is 20.9. The van der Waals surface area contributed by atoms with Crippen molar-refractivity contribution in [3.63, 3.8) is 0 Å². The number of rotatable bonds is 7. The molecule has 1 amide bonds. The molecule has 0 radical (unpaired) electrons. The summed E-state index contributed by atoms with van der Waals surface area (Å²) < 4.78 is 33.4. The summed E-state index contributed by atoms with van der Waals surface area (Å²) in [5, 5.41) is 4.02. The zero-order valence-electron chi connectivity index (χ0n) is 16.9. The van der Waals surface area contributed by atoms with Crippen LogP contribution in [0.2, 0.25) is 0 Å². The van der Waals surface area contributed by atoms with Gasteiger partial charge in [-0.1, -0.05) is 5.16 Å². The molecule has 2 fully saturated rings. The summed E-state index contributed by atoms with van der Waals surface area (Å²) in [5.74, 6) is 1.18. The van der Waals surface area contributed by atoms with Gasteiger partial charge in [-0.2, -0.15) is 9.29 Å². The Labute approximate surface area is 200 Å². The summed E-state index contributed by atoms with van der Waals surface area (Å²) in [4.78, 5) is 20.5. The third-order valence-corrected chi connectivity index (χ3v) is 9.35. The van der Waals surface area contributed by atoms with Crippen molar-refractivity contribution in [2.75, 3.05) is 39.3 Å². The highest BCUT2D eigenvalue weighted by atomic mass is 79.9. The Kier molecular flexibility index (Phi) is 8.50. The number of nitrogens with zero attached hydrogens (tertiary/aromatic N) is 5. The van der Waals surface area contributed by atoms with Gasteiger partial charge in [-0.3, -0.25) is 9.69 Å². The maximum atomic E-state index is 12.7. The van der Waals surface area contributed by atoms with Crippen molar-refractivity contribution in [2.45, 2.75) is 36.4 Å². The number of likely N-dealkylation sites (tertiary alicyclic amines) is 1. The predicted octanol–water partition coefficient (Wildman–Crippen LogP) is 2.38. The van der Waals surface area contributed by atoms with Crippen molar-refractivity contribution < 1.29 is 17.7 Å². The maximum absolute atomic E-state index is 12.7. The fourth-order valence-electron chi connectivity index (χ4n) is 3.69. The number of carbonyl (C=O) groups excluding carboxylic acids is 1. The molecule has 0 aromatic carbocycles. The van der Waals surface area contributed by atoms with Gasteiger partial charge in [-0.15, -0.1) is 23.7 Å². The molecule has 4 rings (SSSR count). The van der Waals surface area contributed by atoms with Crippen molar-refractivity contribution in [3.8, 4) is 0 Å². The van der Waals surface area contributed by atoms with Gasteiger partial charge in [-0.25, -0.2) is 8.42 Å². The fourth-order valence-corrected chi connectivity index (χ4v) is 7.27. The number of aryl methyl sites for hydroxylation is 1. The topological polar surface area (TPSA) is 99.9 Å². The summed E-state index contributed by atoms with van der Waals surface area (Å²) in [6, 6.07) is 3.38. The van der Waals surface area contributed by atoms with Gasteiger partial charge in [-0.05, 0) is 40.9 Å². The highest BCUT2D eigenvalue weighted by molar-refractivity contribution is 9.11. The highest BCUT2D eigenvalue weighted by Gasteiger charge is 2.30. The zero-order chi connectivity index (χ0) is 21.1. The largest absolute Gasteiger partial charge is 0.343 e. The molecule has 13 heteroatoms. The van der Waals surface area contributed by atoms with Crippen LogP contribution in [0.4, 0.5) is 0 Å². The van der Waals surface area contributed by atoms with Crippen LogP contribution < -0.4 is 0 Å². The Morgan fingerprint density at radius 2 is 1.84 bits per heavy atom. The van der Waals surface area contributed by atoms with Crippen LogP contribution in [0, 0.1) is 0 Å². The lowest BCUT2D eigenvalue weighted by Crippen LogP contribution is -2.48. The van der Waals surface area contributed by atoms with E-state index in [1.165, 1.54) is 15.6 Å². The Morgan fingerprint density at radius 3 is 2.48 bits per heavy atom. The third-order valence-electron chi connectivity index (χ3n) is 5.36. The van der Waals surface area contributed by atoms with Crippen molar-refractivity contribution >= 4 is 55.6 Å². The van der Waals surface area contributed by atoms with E-state index in [1.54, 1.807) is 12.1 Å². The molecule has 4 heterocycles. The van der Waals surface area contributed by atoms with Crippen LogP contribution in [0.25, 0.3) is 0 Å². The standard InChI is InChI=1S/C18H24BrN5O4S2.ClH/c19-14-3-6-18(29-14)30(26,27)24-11-9-22(10-12-24)13-15-20-16(28-21-15)4-5-17(25)23-7-1-2-8-23;/h3,6H,1-2,4-5,7-13H2;1H. The molecule has 0 unspecified atom stereocenters. The molecule has 31 heavy (non-hydrogen) atoms. The van der Waals surface area contributed by atoms with Crippen molar-refractivity contribution in [3.05, 3.63) is 27.6 Å². The van der Waals surface area contributed by atoms with E-state index in [0.717, 1.165) is 29.7 Å². The first-order chi connectivity index (χ1) is 14.4. The lowest BCUT2D eigenvalue weighted by atomic mass is 10.3. The van der Waals surface area contributed by atoms with E-state index in [0.29, 0.717) is 61.5 Å². The molecule has 2 saturated heterocycles. The van der Waals surface area contributed by atoms with Crippen LogP contribution in [-0.4, -0.2) is 77.8 Å². The molecule has 0 aliphatic carbocycles. The van der Waals surface area contributed by atoms with Crippen molar-refractivity contribution in [1.82, 2.24) is 24.2 Å². The minimum Gasteiger partial charge on any atom is -0.343 e. The van der Waals surface area contributed by atoms with Crippen LogP contribution in [0.5, 0.6) is 0 Å². The van der Waals surface area contributed by atoms with E-state index in [9.17, 15) is 13.2 Å². The van der Waals surface area contributed by atoms with Gasteiger partial charge in [0.15, 0.2) is 5.82 Å². The summed E-state index contributed by atoms with van der Waals surface area (Å²) in [5.41, 5.74) is 0. The molecule has 0 bridgehead atoms. The van der Waals surface area contributed by atoms with Gasteiger partial charge in [0.25, 0.3) is 10.0 Å². The number of thiophene rings is 1. The monoisotopic (exact) mass is 553 g/mol. The fraction of sp³-hybridized carbons (Fsp3) is 0.611. The number of halogens is 2. The molecular formula is C18H25BrClN5O4S2. The van der Waals surface area contributed by atoms with Crippen LogP contribution in [-0.2, 0) is 27.8 Å². The average Bonchev–Trinajstić information content (AvgIpc) is 3.49. The molecule has 172 valence electrons. The number of hydrogen-bond donors (Lipinski definition) is 0. The minimum absolute atomic E-state index is 0. The molecule has 0 atom stereocenters. The summed E-state index contributed by atoms with van der Waals surface area (Å²) >= 11 is 4.54. The number of amides is 1. The van der Waals surface area contributed by atoms with Gasteiger partial charge in [0.1, 0.15) is 4.21 Å². The van der Waals surface area contributed by atoms with Crippen molar-refractivity contribution in [2.24, 2.45) is 0 Å². The number of piperazine rings is 1. The normalized spacial score (nSPS) is 18.3. The van der Waals surface area contributed by atoms with E-state index in [1.807, 2.05) is 4.90 Å². The Morgan fingerprint density at radius 1 is 1.13 bits per heavy atom. The lowest BCUT2D eigenvalue weighted by Gasteiger charge is -2.32. The lowest BCUT2D eigenvalue weighted by molar-refractivity contribution is -0.130. The summed E-state index contributed by atoms with van der Waals surface area (Å²) in [7, 11) is -3.45. The number of carbonyl (C=O) groups is 1. The molecule has 2 aliphatic rings. The molecular weight excluding hydrogens is 530 g/mol. The van der Waals surface area contributed by atoms with Crippen LogP contribution >= 0.6 is 39.7 Å². The Hall–Kier alpha value is -1.05. The van der Waals surface area contributed by atoms with Gasteiger partial charge >= 0.3 is 0 Å².